The summed E-state index contributed by atoms with van der Waals surface area (Å²) in [7, 11) is 0. The molecule has 0 saturated heterocycles. The number of carbonyl (C=O) groups excluding carboxylic acids is 1. The van der Waals surface area contributed by atoms with E-state index in [2.05, 4.69) is 15.5 Å². The molecule has 3 rings (SSSR count). The van der Waals surface area contributed by atoms with Crippen molar-refractivity contribution in [3.63, 3.8) is 0 Å². The minimum atomic E-state index is -1.02. The number of nitrogens with one attached hydrogen (secondary N) is 1. The molecule has 1 aromatic heterocycles. The summed E-state index contributed by atoms with van der Waals surface area (Å²) in [5.41, 5.74) is 3.15. The van der Waals surface area contributed by atoms with Crippen molar-refractivity contribution in [3.8, 4) is 11.5 Å². The van der Waals surface area contributed by atoms with Crippen LogP contribution >= 0.6 is 11.8 Å². The standard InChI is InChI=1S/C19H17F2N3O2S/c1-10-6-11(2)8-13(7-10)18-23-24-19(26-18)27-12(3)17(25)22-14-4-5-15(20)16(21)9-14/h4-9,12H,1-3H3,(H,22,25)/t12-/m0/s1. The predicted molar refractivity (Wildman–Crippen MR) is 99.5 cm³/mol. The fraction of sp³-hybridized carbons (Fsp3) is 0.211. The van der Waals surface area contributed by atoms with E-state index in [1.807, 2.05) is 32.0 Å². The highest BCUT2D eigenvalue weighted by atomic mass is 32.2. The van der Waals surface area contributed by atoms with Gasteiger partial charge in [0.05, 0.1) is 5.25 Å². The number of amides is 1. The van der Waals surface area contributed by atoms with Crippen molar-refractivity contribution in [2.45, 2.75) is 31.2 Å². The van der Waals surface area contributed by atoms with Gasteiger partial charge in [-0.15, -0.1) is 10.2 Å². The fourth-order valence-corrected chi connectivity index (χ4v) is 3.18. The zero-order valence-corrected chi connectivity index (χ0v) is 15.7. The molecule has 0 aliphatic rings. The molecule has 0 spiro atoms. The van der Waals surface area contributed by atoms with Gasteiger partial charge in [0.2, 0.25) is 11.8 Å². The van der Waals surface area contributed by atoms with Gasteiger partial charge in [-0.25, -0.2) is 8.78 Å². The van der Waals surface area contributed by atoms with Crippen molar-refractivity contribution >= 4 is 23.4 Å². The van der Waals surface area contributed by atoms with E-state index in [4.69, 9.17) is 4.42 Å². The molecule has 1 heterocycles. The average molecular weight is 389 g/mol. The zero-order valence-electron chi connectivity index (χ0n) is 14.9. The molecule has 1 amide bonds. The normalized spacial score (nSPS) is 12.0. The Kier molecular flexibility index (Phi) is 5.55. The van der Waals surface area contributed by atoms with Crippen LogP contribution in [0.2, 0.25) is 0 Å². The molecule has 0 aliphatic carbocycles. The number of aromatic nitrogens is 2. The third kappa shape index (κ3) is 4.71. The van der Waals surface area contributed by atoms with Crippen molar-refractivity contribution < 1.29 is 18.0 Å². The molecule has 5 nitrogen and oxygen atoms in total. The summed E-state index contributed by atoms with van der Waals surface area (Å²) >= 11 is 1.08. The predicted octanol–water partition coefficient (Wildman–Crippen LogP) is 4.75. The van der Waals surface area contributed by atoms with Crippen LogP contribution in [-0.4, -0.2) is 21.4 Å². The van der Waals surface area contributed by atoms with Gasteiger partial charge in [0.1, 0.15) is 0 Å². The summed E-state index contributed by atoms with van der Waals surface area (Å²) in [5, 5.41) is 10.2. The number of anilines is 1. The minimum absolute atomic E-state index is 0.174. The second-order valence-corrected chi connectivity index (χ2v) is 7.42. The Hall–Kier alpha value is -2.74. The summed E-state index contributed by atoms with van der Waals surface area (Å²) in [6.07, 6.45) is 0. The maximum atomic E-state index is 13.2. The Labute approximate surface area is 159 Å². The van der Waals surface area contributed by atoms with E-state index in [1.165, 1.54) is 6.07 Å². The molecule has 0 bridgehead atoms. The topological polar surface area (TPSA) is 68.0 Å². The molecule has 0 unspecified atom stereocenters. The first-order chi connectivity index (χ1) is 12.8. The molecule has 3 aromatic rings. The van der Waals surface area contributed by atoms with Gasteiger partial charge in [0, 0.05) is 17.3 Å². The summed E-state index contributed by atoms with van der Waals surface area (Å²) in [4.78, 5) is 12.2. The number of rotatable bonds is 5. The first-order valence-corrected chi connectivity index (χ1v) is 9.04. The molecule has 1 atom stereocenters. The molecule has 140 valence electrons. The largest absolute Gasteiger partial charge is 0.411 e. The van der Waals surface area contributed by atoms with Gasteiger partial charge in [-0.3, -0.25) is 4.79 Å². The number of nitrogens with zero attached hydrogens (tertiary/aromatic N) is 2. The number of halogens is 2. The molecule has 1 N–H and O–H groups in total. The van der Waals surface area contributed by atoms with Crippen LogP contribution in [0.15, 0.2) is 46.0 Å². The Morgan fingerprint density at radius 2 is 1.78 bits per heavy atom. The van der Waals surface area contributed by atoms with E-state index in [0.717, 1.165) is 40.6 Å². The Balaban J connectivity index is 1.67. The van der Waals surface area contributed by atoms with Crippen molar-refractivity contribution in [2.24, 2.45) is 0 Å². The first-order valence-electron chi connectivity index (χ1n) is 8.16. The summed E-state index contributed by atoms with van der Waals surface area (Å²) in [6, 6.07) is 9.09. The van der Waals surface area contributed by atoms with Crippen LogP contribution in [0.1, 0.15) is 18.1 Å². The van der Waals surface area contributed by atoms with Crippen molar-refractivity contribution in [3.05, 3.63) is 59.2 Å². The van der Waals surface area contributed by atoms with Crippen molar-refractivity contribution in [1.82, 2.24) is 10.2 Å². The number of thioether (sulfide) groups is 1. The SMILES string of the molecule is Cc1cc(C)cc(-c2nnc(S[C@@H](C)C(=O)Nc3ccc(F)c(F)c3)o2)c1. The molecular formula is C19H17F2N3O2S. The number of hydrogen-bond acceptors (Lipinski definition) is 5. The monoisotopic (exact) mass is 389 g/mol. The van der Waals surface area contributed by atoms with Gasteiger partial charge >= 0.3 is 0 Å². The molecule has 0 radical (unpaired) electrons. The summed E-state index contributed by atoms with van der Waals surface area (Å²) < 4.78 is 31.8. The lowest BCUT2D eigenvalue weighted by Crippen LogP contribution is -2.22. The van der Waals surface area contributed by atoms with Crippen molar-refractivity contribution in [2.75, 3.05) is 5.32 Å². The molecule has 8 heteroatoms. The molecule has 0 aliphatic heterocycles. The highest BCUT2D eigenvalue weighted by Crippen LogP contribution is 2.28. The van der Waals surface area contributed by atoms with E-state index >= 15 is 0 Å². The second kappa shape index (κ2) is 7.87. The van der Waals surface area contributed by atoms with Crippen molar-refractivity contribution in [1.29, 1.82) is 0 Å². The maximum absolute atomic E-state index is 13.2. The lowest BCUT2D eigenvalue weighted by atomic mass is 10.1. The third-order valence-corrected chi connectivity index (χ3v) is 4.64. The van der Waals surface area contributed by atoms with E-state index in [1.54, 1.807) is 6.92 Å². The Morgan fingerprint density at radius 1 is 1.07 bits per heavy atom. The lowest BCUT2D eigenvalue weighted by molar-refractivity contribution is -0.115. The first kappa shape index (κ1) is 19.0. The average Bonchev–Trinajstić information content (AvgIpc) is 3.06. The van der Waals surface area contributed by atoms with Crippen LogP contribution < -0.4 is 5.32 Å². The van der Waals surface area contributed by atoms with Gasteiger partial charge in [0.15, 0.2) is 11.6 Å². The second-order valence-electron chi connectivity index (χ2n) is 6.13. The highest BCUT2D eigenvalue weighted by Gasteiger charge is 2.19. The van der Waals surface area contributed by atoms with Crippen LogP contribution in [0.25, 0.3) is 11.5 Å². The lowest BCUT2D eigenvalue weighted by Gasteiger charge is -2.10. The van der Waals surface area contributed by atoms with E-state index in [0.29, 0.717) is 5.89 Å². The molecule has 0 saturated carbocycles. The fourth-order valence-electron chi connectivity index (χ4n) is 2.49. The highest BCUT2D eigenvalue weighted by molar-refractivity contribution is 8.00. The van der Waals surface area contributed by atoms with Crippen LogP contribution in [0.5, 0.6) is 0 Å². The van der Waals surface area contributed by atoms with E-state index in [-0.39, 0.29) is 10.9 Å². The van der Waals surface area contributed by atoms with Gasteiger partial charge in [-0.05, 0) is 45.0 Å². The van der Waals surface area contributed by atoms with Crippen LogP contribution in [0.4, 0.5) is 14.5 Å². The Bertz CT molecular complexity index is 971. The number of carbonyl (C=O) groups is 1. The molecule has 0 fully saturated rings. The zero-order chi connectivity index (χ0) is 19.6. The molecule has 2 aromatic carbocycles. The maximum Gasteiger partial charge on any atom is 0.277 e. The van der Waals surface area contributed by atoms with Gasteiger partial charge in [0.25, 0.3) is 5.22 Å². The molecule has 27 heavy (non-hydrogen) atoms. The smallest absolute Gasteiger partial charge is 0.277 e. The van der Waals surface area contributed by atoms with Gasteiger partial charge < -0.3 is 9.73 Å². The van der Waals surface area contributed by atoms with E-state index in [9.17, 15) is 13.6 Å². The third-order valence-electron chi connectivity index (χ3n) is 3.71. The van der Waals surface area contributed by atoms with Crippen LogP contribution in [0, 0.1) is 25.5 Å². The quantitative estimate of drug-likeness (QED) is 0.638. The minimum Gasteiger partial charge on any atom is -0.411 e. The van der Waals surface area contributed by atoms with Crippen LogP contribution in [-0.2, 0) is 4.79 Å². The van der Waals surface area contributed by atoms with Gasteiger partial charge in [-0.2, -0.15) is 0 Å². The van der Waals surface area contributed by atoms with Gasteiger partial charge in [-0.1, -0.05) is 29.0 Å². The number of hydrogen-bond donors (Lipinski definition) is 1. The number of aryl methyl sites for hydroxylation is 2. The Morgan fingerprint density at radius 3 is 2.44 bits per heavy atom. The summed E-state index contributed by atoms with van der Waals surface area (Å²) in [5.74, 6) is -2.02. The number of benzene rings is 2. The van der Waals surface area contributed by atoms with Crippen LogP contribution in [0.3, 0.4) is 0 Å². The van der Waals surface area contributed by atoms with E-state index < -0.39 is 22.8 Å². The molecular weight excluding hydrogens is 372 g/mol. The summed E-state index contributed by atoms with van der Waals surface area (Å²) in [6.45, 7) is 5.61.